The summed E-state index contributed by atoms with van der Waals surface area (Å²) in [6.07, 6.45) is 3.45. The van der Waals surface area contributed by atoms with Gasteiger partial charge in [0.2, 0.25) is 10.0 Å². The summed E-state index contributed by atoms with van der Waals surface area (Å²) in [5.74, 6) is 0.773. The second-order valence-corrected chi connectivity index (χ2v) is 8.87. The SMILES string of the molecule is COc1ccccc1C(CNS(=O)(=O)c1cccc(Cl)c1)N1CCCCC1. The Balaban J connectivity index is 1.85. The third-order valence-corrected chi connectivity index (χ3v) is 6.56. The maximum Gasteiger partial charge on any atom is 0.240 e. The molecular weight excluding hydrogens is 384 g/mol. The van der Waals surface area contributed by atoms with Gasteiger partial charge in [0, 0.05) is 17.1 Å². The highest BCUT2D eigenvalue weighted by Gasteiger charge is 2.27. The van der Waals surface area contributed by atoms with E-state index in [2.05, 4.69) is 9.62 Å². The predicted octanol–water partition coefficient (Wildman–Crippen LogP) is 3.85. The van der Waals surface area contributed by atoms with Gasteiger partial charge in [-0.2, -0.15) is 0 Å². The largest absolute Gasteiger partial charge is 0.496 e. The minimum atomic E-state index is -3.65. The van der Waals surface area contributed by atoms with Crippen LogP contribution in [0, 0.1) is 0 Å². The standard InChI is InChI=1S/C20H25ClN2O3S/c1-26-20-11-4-3-10-18(20)19(23-12-5-2-6-13-23)15-22-27(24,25)17-9-7-8-16(21)14-17/h3-4,7-11,14,19,22H,2,5-6,12-13,15H2,1H3. The predicted molar refractivity (Wildman–Crippen MR) is 108 cm³/mol. The molecule has 0 aromatic heterocycles. The van der Waals surface area contributed by atoms with Crippen LogP contribution in [0.5, 0.6) is 5.75 Å². The number of sulfonamides is 1. The van der Waals surface area contributed by atoms with Crippen molar-refractivity contribution in [3.63, 3.8) is 0 Å². The molecule has 1 N–H and O–H groups in total. The van der Waals surface area contributed by atoms with Gasteiger partial charge in [-0.05, 0) is 50.2 Å². The molecule has 2 aromatic rings. The zero-order valence-corrected chi connectivity index (χ0v) is 17.0. The van der Waals surface area contributed by atoms with Gasteiger partial charge in [0.25, 0.3) is 0 Å². The zero-order chi connectivity index (χ0) is 19.3. The van der Waals surface area contributed by atoms with Gasteiger partial charge in [-0.3, -0.25) is 4.90 Å². The van der Waals surface area contributed by atoms with Crippen LogP contribution in [0.2, 0.25) is 5.02 Å². The summed E-state index contributed by atoms with van der Waals surface area (Å²) >= 11 is 5.95. The lowest BCUT2D eigenvalue weighted by molar-refractivity contribution is 0.162. The number of para-hydroxylation sites is 1. The molecule has 0 bridgehead atoms. The monoisotopic (exact) mass is 408 g/mol. The van der Waals surface area contributed by atoms with E-state index in [4.69, 9.17) is 16.3 Å². The van der Waals surface area contributed by atoms with Crippen molar-refractivity contribution in [2.45, 2.75) is 30.2 Å². The summed E-state index contributed by atoms with van der Waals surface area (Å²) in [6.45, 7) is 2.17. The van der Waals surface area contributed by atoms with Gasteiger partial charge in [-0.25, -0.2) is 13.1 Å². The fraction of sp³-hybridized carbons (Fsp3) is 0.400. The van der Waals surface area contributed by atoms with Gasteiger partial charge >= 0.3 is 0 Å². The molecule has 27 heavy (non-hydrogen) atoms. The minimum Gasteiger partial charge on any atom is -0.496 e. The van der Waals surface area contributed by atoms with Gasteiger partial charge in [0.05, 0.1) is 18.0 Å². The molecule has 1 fully saturated rings. The molecule has 1 unspecified atom stereocenters. The number of benzene rings is 2. The molecule has 1 aliphatic rings. The molecule has 1 saturated heterocycles. The topological polar surface area (TPSA) is 58.6 Å². The van der Waals surface area contributed by atoms with E-state index in [1.807, 2.05) is 24.3 Å². The molecule has 0 radical (unpaired) electrons. The first-order chi connectivity index (χ1) is 13.0. The number of halogens is 1. The van der Waals surface area contributed by atoms with Crippen molar-refractivity contribution >= 4 is 21.6 Å². The minimum absolute atomic E-state index is 0.0876. The van der Waals surface area contributed by atoms with Crippen LogP contribution in [-0.2, 0) is 10.0 Å². The first-order valence-electron chi connectivity index (χ1n) is 9.13. The summed E-state index contributed by atoms with van der Waals surface area (Å²) < 4.78 is 33.8. The van der Waals surface area contributed by atoms with Crippen LogP contribution in [0.3, 0.4) is 0 Å². The third kappa shape index (κ3) is 5.02. The lowest BCUT2D eigenvalue weighted by Crippen LogP contribution is -2.40. The van der Waals surface area contributed by atoms with Crippen LogP contribution in [0.15, 0.2) is 53.4 Å². The van der Waals surface area contributed by atoms with Crippen LogP contribution in [0.1, 0.15) is 30.9 Å². The van der Waals surface area contributed by atoms with Gasteiger partial charge in [-0.1, -0.05) is 42.3 Å². The molecule has 0 amide bonds. The molecule has 1 aliphatic heterocycles. The molecular formula is C20H25ClN2O3S. The highest BCUT2D eigenvalue weighted by atomic mass is 35.5. The van der Waals surface area contributed by atoms with E-state index in [1.54, 1.807) is 25.3 Å². The zero-order valence-electron chi connectivity index (χ0n) is 15.4. The van der Waals surface area contributed by atoms with E-state index in [9.17, 15) is 8.42 Å². The molecule has 1 atom stereocenters. The molecule has 2 aromatic carbocycles. The van der Waals surface area contributed by atoms with Crippen molar-refractivity contribution in [1.29, 1.82) is 0 Å². The average molecular weight is 409 g/mol. The van der Waals surface area contributed by atoms with Crippen LogP contribution in [-0.4, -0.2) is 40.1 Å². The van der Waals surface area contributed by atoms with E-state index in [1.165, 1.54) is 12.5 Å². The number of hydrogen-bond donors (Lipinski definition) is 1. The Kier molecular flexibility index (Phi) is 6.76. The highest BCUT2D eigenvalue weighted by Crippen LogP contribution is 2.31. The number of nitrogens with zero attached hydrogens (tertiary/aromatic N) is 1. The number of piperidine rings is 1. The summed E-state index contributed by atoms with van der Waals surface area (Å²) in [6, 6.07) is 14.0. The second-order valence-electron chi connectivity index (χ2n) is 6.66. The van der Waals surface area contributed by atoms with Crippen LogP contribution < -0.4 is 9.46 Å². The van der Waals surface area contributed by atoms with Crippen molar-refractivity contribution in [3.8, 4) is 5.75 Å². The Morgan fingerprint density at radius 1 is 1.11 bits per heavy atom. The third-order valence-electron chi connectivity index (χ3n) is 4.90. The number of methoxy groups -OCH3 is 1. The molecule has 1 heterocycles. The molecule has 5 nitrogen and oxygen atoms in total. The summed E-state index contributed by atoms with van der Waals surface area (Å²) in [4.78, 5) is 2.51. The summed E-state index contributed by atoms with van der Waals surface area (Å²) in [7, 11) is -2.00. The van der Waals surface area contributed by atoms with Gasteiger partial charge in [0.15, 0.2) is 0 Å². The fourth-order valence-corrected chi connectivity index (χ4v) is 4.85. The molecule has 0 saturated carbocycles. The fourth-order valence-electron chi connectivity index (χ4n) is 3.51. The Bertz CT molecular complexity index is 867. The molecule has 0 spiro atoms. The van der Waals surface area contributed by atoms with Crippen molar-refractivity contribution in [3.05, 3.63) is 59.1 Å². The van der Waals surface area contributed by atoms with Crippen LogP contribution in [0.25, 0.3) is 0 Å². The Morgan fingerprint density at radius 2 is 1.85 bits per heavy atom. The highest BCUT2D eigenvalue weighted by molar-refractivity contribution is 7.89. The van der Waals surface area contributed by atoms with E-state index in [0.29, 0.717) is 5.02 Å². The quantitative estimate of drug-likeness (QED) is 0.755. The molecule has 0 aliphatic carbocycles. The Labute approximate surface area is 166 Å². The van der Waals surface area contributed by atoms with Crippen molar-refractivity contribution in [1.82, 2.24) is 9.62 Å². The van der Waals surface area contributed by atoms with E-state index < -0.39 is 10.0 Å². The lowest BCUT2D eigenvalue weighted by atomic mass is 10.0. The van der Waals surface area contributed by atoms with E-state index >= 15 is 0 Å². The van der Waals surface area contributed by atoms with Crippen molar-refractivity contribution in [2.75, 3.05) is 26.7 Å². The van der Waals surface area contributed by atoms with Crippen LogP contribution in [0.4, 0.5) is 0 Å². The summed E-state index contributed by atoms with van der Waals surface area (Å²) in [5.41, 5.74) is 0.996. The first kappa shape index (κ1) is 20.1. The van der Waals surface area contributed by atoms with Crippen molar-refractivity contribution < 1.29 is 13.2 Å². The number of nitrogens with one attached hydrogen (secondary N) is 1. The van der Waals surface area contributed by atoms with Gasteiger partial charge < -0.3 is 4.74 Å². The average Bonchev–Trinajstić information content (AvgIpc) is 2.69. The number of hydrogen-bond acceptors (Lipinski definition) is 4. The van der Waals surface area contributed by atoms with Gasteiger partial charge in [0.1, 0.15) is 5.75 Å². The summed E-state index contributed by atoms with van der Waals surface area (Å²) in [5, 5.41) is 0.398. The lowest BCUT2D eigenvalue weighted by Gasteiger charge is -2.35. The van der Waals surface area contributed by atoms with Crippen LogP contribution >= 0.6 is 11.6 Å². The Morgan fingerprint density at radius 3 is 2.56 bits per heavy atom. The number of ether oxygens (including phenoxy) is 1. The molecule has 7 heteroatoms. The Hall–Kier alpha value is -1.60. The van der Waals surface area contributed by atoms with E-state index in [0.717, 1.165) is 37.2 Å². The van der Waals surface area contributed by atoms with Crippen molar-refractivity contribution in [2.24, 2.45) is 0 Å². The van der Waals surface area contributed by atoms with Gasteiger partial charge in [-0.15, -0.1) is 0 Å². The number of rotatable bonds is 7. The molecule has 146 valence electrons. The second kappa shape index (κ2) is 9.06. The maximum atomic E-state index is 12.7. The normalized spacial score (nSPS) is 16.8. The first-order valence-corrected chi connectivity index (χ1v) is 11.0. The maximum absolute atomic E-state index is 12.7. The number of likely N-dealkylation sites (tertiary alicyclic amines) is 1. The molecule has 3 rings (SSSR count). The smallest absolute Gasteiger partial charge is 0.240 e. The van der Waals surface area contributed by atoms with E-state index in [-0.39, 0.29) is 17.5 Å².